The Labute approximate surface area is 120 Å². The molecule has 1 aromatic heterocycles. The van der Waals surface area contributed by atoms with E-state index in [9.17, 15) is 0 Å². The highest BCUT2D eigenvalue weighted by Crippen LogP contribution is 2.39. The van der Waals surface area contributed by atoms with E-state index in [1.54, 1.807) is 0 Å². The van der Waals surface area contributed by atoms with Crippen LogP contribution >= 0.6 is 11.8 Å². The Bertz CT molecular complexity index is 445. The van der Waals surface area contributed by atoms with Crippen LogP contribution in [0.4, 0.5) is 11.6 Å². The Kier molecular flexibility index (Phi) is 4.55. The van der Waals surface area contributed by atoms with Crippen molar-refractivity contribution in [3.8, 4) is 0 Å². The molecule has 1 saturated carbocycles. The first kappa shape index (κ1) is 14.4. The van der Waals surface area contributed by atoms with Gasteiger partial charge in [-0.2, -0.15) is 11.8 Å². The molecule has 2 rings (SSSR count). The van der Waals surface area contributed by atoms with Crippen LogP contribution in [0.25, 0.3) is 0 Å². The summed E-state index contributed by atoms with van der Waals surface area (Å²) >= 11 is 1.87. The van der Waals surface area contributed by atoms with E-state index in [1.807, 2.05) is 18.7 Å². The monoisotopic (exact) mass is 280 g/mol. The zero-order chi connectivity index (χ0) is 14.0. The third-order valence-electron chi connectivity index (χ3n) is 3.83. The summed E-state index contributed by atoms with van der Waals surface area (Å²) in [6, 6.07) is 0.495. The predicted molar refractivity (Wildman–Crippen MR) is 84.0 cm³/mol. The molecule has 2 N–H and O–H groups in total. The van der Waals surface area contributed by atoms with Crippen molar-refractivity contribution >= 4 is 23.4 Å². The summed E-state index contributed by atoms with van der Waals surface area (Å²) in [7, 11) is 2.12. The van der Waals surface area contributed by atoms with E-state index in [1.165, 1.54) is 12.8 Å². The summed E-state index contributed by atoms with van der Waals surface area (Å²) in [5.41, 5.74) is 7.06. The smallest absolute Gasteiger partial charge is 0.137 e. The van der Waals surface area contributed by atoms with E-state index in [0.29, 0.717) is 17.8 Å². The second kappa shape index (κ2) is 5.99. The molecule has 1 heterocycles. The molecule has 106 valence electrons. The summed E-state index contributed by atoms with van der Waals surface area (Å²) in [5.74, 6) is 4.22. The number of thioether (sulfide) groups is 1. The van der Waals surface area contributed by atoms with Crippen LogP contribution in [0.5, 0.6) is 0 Å². The Morgan fingerprint density at radius 1 is 1.42 bits per heavy atom. The van der Waals surface area contributed by atoms with Gasteiger partial charge in [0.05, 0.1) is 0 Å². The molecule has 5 heteroatoms. The van der Waals surface area contributed by atoms with Gasteiger partial charge in [0.15, 0.2) is 0 Å². The molecule has 1 fully saturated rings. The minimum atomic E-state index is 0.495. The van der Waals surface area contributed by atoms with Crippen LogP contribution in [0.15, 0.2) is 0 Å². The van der Waals surface area contributed by atoms with Gasteiger partial charge in [0.25, 0.3) is 0 Å². The van der Waals surface area contributed by atoms with Crippen molar-refractivity contribution in [3.63, 3.8) is 0 Å². The van der Waals surface area contributed by atoms with Gasteiger partial charge in [-0.25, -0.2) is 9.97 Å². The van der Waals surface area contributed by atoms with Crippen LogP contribution in [-0.4, -0.2) is 35.1 Å². The van der Waals surface area contributed by atoms with Crippen molar-refractivity contribution in [3.05, 3.63) is 11.4 Å². The Hall–Kier alpha value is -0.970. The topological polar surface area (TPSA) is 55.0 Å². The third-order valence-corrected chi connectivity index (χ3v) is 4.55. The number of nitrogen functional groups attached to an aromatic ring is 1. The Morgan fingerprint density at radius 2 is 2.11 bits per heavy atom. The molecule has 0 saturated heterocycles. The maximum Gasteiger partial charge on any atom is 0.137 e. The maximum absolute atomic E-state index is 6.06. The van der Waals surface area contributed by atoms with E-state index in [4.69, 9.17) is 10.7 Å². The molecule has 1 atom stereocenters. The van der Waals surface area contributed by atoms with Gasteiger partial charge in [0, 0.05) is 30.3 Å². The van der Waals surface area contributed by atoms with Gasteiger partial charge in [-0.15, -0.1) is 0 Å². The molecule has 0 aromatic carbocycles. The molecule has 19 heavy (non-hydrogen) atoms. The normalized spacial score (nSPS) is 16.4. The minimum Gasteiger partial charge on any atom is -0.383 e. The number of rotatable bonds is 6. The van der Waals surface area contributed by atoms with E-state index >= 15 is 0 Å². The van der Waals surface area contributed by atoms with Crippen molar-refractivity contribution in [1.82, 2.24) is 9.97 Å². The third kappa shape index (κ3) is 3.14. The zero-order valence-corrected chi connectivity index (χ0v) is 13.1. The Balaban J connectivity index is 2.31. The van der Waals surface area contributed by atoms with Gasteiger partial charge in [0.1, 0.15) is 17.5 Å². The number of nitrogens with two attached hydrogens (primary N) is 1. The Morgan fingerprint density at radius 3 is 2.63 bits per heavy atom. The first-order valence-electron chi connectivity index (χ1n) is 6.94. The molecular formula is C14H24N4S. The summed E-state index contributed by atoms with van der Waals surface area (Å²) in [5, 5.41) is 0. The van der Waals surface area contributed by atoms with Crippen LogP contribution in [0.2, 0.25) is 0 Å². The molecule has 1 aliphatic rings. The van der Waals surface area contributed by atoms with E-state index in [-0.39, 0.29) is 0 Å². The highest BCUT2D eigenvalue weighted by atomic mass is 32.2. The van der Waals surface area contributed by atoms with Crippen molar-refractivity contribution in [2.24, 2.45) is 0 Å². The second-order valence-electron chi connectivity index (χ2n) is 5.32. The van der Waals surface area contributed by atoms with Crippen LogP contribution in [0, 0.1) is 6.92 Å². The number of aromatic nitrogens is 2. The van der Waals surface area contributed by atoms with E-state index in [2.05, 4.69) is 30.1 Å². The molecule has 4 nitrogen and oxygen atoms in total. The molecule has 1 aliphatic carbocycles. The number of hydrogen-bond acceptors (Lipinski definition) is 5. The van der Waals surface area contributed by atoms with Gasteiger partial charge in [0.2, 0.25) is 0 Å². The van der Waals surface area contributed by atoms with Crippen LogP contribution < -0.4 is 10.6 Å². The summed E-state index contributed by atoms with van der Waals surface area (Å²) < 4.78 is 0. The second-order valence-corrected chi connectivity index (χ2v) is 6.23. The zero-order valence-electron chi connectivity index (χ0n) is 12.3. The van der Waals surface area contributed by atoms with Gasteiger partial charge in [-0.1, -0.05) is 6.92 Å². The molecule has 0 aliphatic heterocycles. The molecule has 1 aromatic rings. The fourth-order valence-electron chi connectivity index (χ4n) is 2.28. The van der Waals surface area contributed by atoms with Crippen molar-refractivity contribution in [1.29, 1.82) is 0 Å². The quantitative estimate of drug-likeness (QED) is 0.868. The number of nitrogens with zero attached hydrogens (tertiary/aromatic N) is 3. The van der Waals surface area contributed by atoms with Crippen LogP contribution in [0.1, 0.15) is 43.5 Å². The lowest BCUT2D eigenvalue weighted by molar-refractivity contribution is 0.660. The fraction of sp³-hybridized carbons (Fsp3) is 0.714. The first-order valence-corrected chi connectivity index (χ1v) is 8.33. The minimum absolute atomic E-state index is 0.495. The maximum atomic E-state index is 6.06. The summed E-state index contributed by atoms with van der Waals surface area (Å²) in [4.78, 5) is 11.5. The average molecular weight is 280 g/mol. The van der Waals surface area contributed by atoms with Crippen molar-refractivity contribution < 1.29 is 0 Å². The average Bonchev–Trinajstić information content (AvgIpc) is 3.22. The molecule has 1 unspecified atom stereocenters. The molecule has 0 spiro atoms. The fourth-order valence-corrected chi connectivity index (χ4v) is 3.12. The van der Waals surface area contributed by atoms with E-state index < -0.39 is 0 Å². The van der Waals surface area contributed by atoms with Gasteiger partial charge < -0.3 is 10.6 Å². The highest BCUT2D eigenvalue weighted by Gasteiger charge is 2.29. The van der Waals surface area contributed by atoms with Crippen molar-refractivity contribution in [2.45, 2.75) is 45.1 Å². The molecule has 0 amide bonds. The van der Waals surface area contributed by atoms with Crippen LogP contribution in [-0.2, 0) is 0 Å². The molecule has 0 bridgehead atoms. The lowest BCUT2D eigenvalue weighted by atomic mass is 10.2. The molecular weight excluding hydrogens is 256 g/mol. The van der Waals surface area contributed by atoms with E-state index in [0.717, 1.165) is 29.4 Å². The standard InChI is InChI=1S/C14H24N4S/c1-5-11(8-19-4)18(3)14-9(2)12(15)16-13(17-14)10-6-7-10/h10-11H,5-8H2,1-4H3,(H2,15,16,17). The van der Waals surface area contributed by atoms with Gasteiger partial charge >= 0.3 is 0 Å². The summed E-state index contributed by atoms with van der Waals surface area (Å²) in [6.07, 6.45) is 5.66. The lowest BCUT2D eigenvalue weighted by Crippen LogP contribution is -2.34. The summed E-state index contributed by atoms with van der Waals surface area (Å²) in [6.45, 7) is 4.24. The number of hydrogen-bond donors (Lipinski definition) is 1. The van der Waals surface area contributed by atoms with Gasteiger partial charge in [-0.3, -0.25) is 0 Å². The van der Waals surface area contributed by atoms with Crippen molar-refractivity contribution in [2.75, 3.05) is 29.7 Å². The molecule has 0 radical (unpaired) electrons. The predicted octanol–water partition coefficient (Wildman–Crippen LogP) is 2.82. The highest BCUT2D eigenvalue weighted by molar-refractivity contribution is 7.98. The van der Waals surface area contributed by atoms with Gasteiger partial charge in [-0.05, 0) is 32.4 Å². The van der Waals surface area contributed by atoms with Crippen LogP contribution in [0.3, 0.4) is 0 Å². The lowest BCUT2D eigenvalue weighted by Gasteiger charge is -2.29. The first-order chi connectivity index (χ1) is 9.08. The SMILES string of the molecule is CCC(CSC)N(C)c1nc(C2CC2)nc(N)c1C. The largest absolute Gasteiger partial charge is 0.383 e. The number of anilines is 2.